The summed E-state index contributed by atoms with van der Waals surface area (Å²) < 4.78 is 32.6. The Morgan fingerprint density at radius 3 is 1.26 bits per heavy atom. The standard InChI is InChI=1S/C46H83NO5S/c1-3-5-7-9-11-13-15-17-19-21-22-23-24-26-27-29-31-33-35-37-39-41-45(48)44(43-53(50,51)52)47-46(49)42-40-38-36-34-32-30-28-25-20-18-16-14-12-10-8-6-4-2/h6,8,12,14,18,20,28,30,34,36,44-45,48H,3-5,7,9-11,13,15-17,19,21-27,29,31-33,35,37-43H2,1-2H3,(H,47,49)(H,50,51,52)/b8-6-,14-12-,20-18-,30-28-,36-34-. The molecule has 0 radical (unpaired) electrons. The molecule has 0 aromatic heterocycles. The summed E-state index contributed by atoms with van der Waals surface area (Å²) in [5, 5.41) is 13.3. The number of carbonyl (C=O) groups is 1. The van der Waals surface area contributed by atoms with Crippen LogP contribution in [0.3, 0.4) is 0 Å². The van der Waals surface area contributed by atoms with Crippen molar-refractivity contribution in [1.82, 2.24) is 5.32 Å². The minimum Gasteiger partial charge on any atom is -0.391 e. The second-order valence-electron chi connectivity index (χ2n) is 14.9. The molecule has 2 unspecified atom stereocenters. The third-order valence-electron chi connectivity index (χ3n) is 9.74. The summed E-state index contributed by atoms with van der Waals surface area (Å²) in [7, 11) is -4.33. The molecule has 0 aromatic rings. The third kappa shape index (κ3) is 41.1. The average Bonchev–Trinajstić information content (AvgIpc) is 3.12. The van der Waals surface area contributed by atoms with E-state index < -0.39 is 28.0 Å². The van der Waals surface area contributed by atoms with Crippen LogP contribution in [0, 0.1) is 0 Å². The van der Waals surface area contributed by atoms with E-state index in [0.29, 0.717) is 12.8 Å². The van der Waals surface area contributed by atoms with Crippen LogP contribution in [0.25, 0.3) is 0 Å². The highest BCUT2D eigenvalue weighted by Crippen LogP contribution is 2.16. The van der Waals surface area contributed by atoms with E-state index in [-0.39, 0.29) is 12.3 Å². The summed E-state index contributed by atoms with van der Waals surface area (Å²) in [5.41, 5.74) is 0. The zero-order chi connectivity index (χ0) is 38.9. The van der Waals surface area contributed by atoms with E-state index in [4.69, 9.17) is 0 Å². The van der Waals surface area contributed by atoms with E-state index in [1.54, 1.807) is 0 Å². The number of nitrogens with one attached hydrogen (secondary N) is 1. The molecular formula is C46H83NO5S. The van der Waals surface area contributed by atoms with Gasteiger partial charge in [0.2, 0.25) is 5.91 Å². The quantitative estimate of drug-likeness (QED) is 0.0329. The number of unbranched alkanes of at least 4 members (excludes halogenated alkanes) is 21. The van der Waals surface area contributed by atoms with Crippen LogP contribution in [-0.2, 0) is 14.9 Å². The van der Waals surface area contributed by atoms with Gasteiger partial charge in [-0.3, -0.25) is 9.35 Å². The Morgan fingerprint density at radius 2 is 0.887 bits per heavy atom. The van der Waals surface area contributed by atoms with E-state index in [1.807, 2.05) is 0 Å². The minimum atomic E-state index is -4.33. The fourth-order valence-corrected chi connectivity index (χ4v) is 7.25. The molecule has 0 bridgehead atoms. The first-order valence-electron chi connectivity index (χ1n) is 22.0. The maximum atomic E-state index is 12.5. The first-order chi connectivity index (χ1) is 25.8. The molecule has 0 fully saturated rings. The number of aliphatic hydroxyl groups is 1. The summed E-state index contributed by atoms with van der Waals surface area (Å²) in [6, 6.07) is -1.00. The van der Waals surface area contributed by atoms with Crippen LogP contribution in [0.15, 0.2) is 60.8 Å². The number of hydrogen-bond acceptors (Lipinski definition) is 4. The monoisotopic (exact) mass is 762 g/mol. The minimum absolute atomic E-state index is 0.238. The van der Waals surface area contributed by atoms with Crippen molar-refractivity contribution < 1.29 is 22.9 Å². The lowest BCUT2D eigenvalue weighted by molar-refractivity contribution is -0.122. The summed E-state index contributed by atoms with van der Waals surface area (Å²) in [4.78, 5) is 12.5. The van der Waals surface area contributed by atoms with Crippen molar-refractivity contribution in [3.8, 4) is 0 Å². The second kappa shape index (κ2) is 39.7. The first-order valence-corrected chi connectivity index (χ1v) is 23.6. The Kier molecular flexibility index (Phi) is 38.3. The Labute approximate surface area is 328 Å². The molecule has 0 spiro atoms. The van der Waals surface area contributed by atoms with Crippen LogP contribution >= 0.6 is 0 Å². The molecule has 0 aromatic carbocycles. The summed E-state index contributed by atoms with van der Waals surface area (Å²) in [5.74, 6) is -0.975. The molecule has 6 nitrogen and oxygen atoms in total. The molecule has 3 N–H and O–H groups in total. The molecule has 308 valence electrons. The largest absolute Gasteiger partial charge is 0.391 e. The molecule has 0 aliphatic carbocycles. The van der Waals surface area contributed by atoms with Gasteiger partial charge in [0.1, 0.15) is 0 Å². The van der Waals surface area contributed by atoms with Gasteiger partial charge in [-0.25, -0.2) is 0 Å². The van der Waals surface area contributed by atoms with E-state index in [0.717, 1.165) is 57.8 Å². The van der Waals surface area contributed by atoms with Gasteiger partial charge in [-0.1, -0.05) is 209 Å². The van der Waals surface area contributed by atoms with Crippen LogP contribution < -0.4 is 5.32 Å². The number of hydrogen-bond donors (Lipinski definition) is 3. The van der Waals surface area contributed by atoms with Gasteiger partial charge in [0, 0.05) is 6.42 Å². The molecule has 2 atom stereocenters. The number of amides is 1. The highest BCUT2D eigenvalue weighted by atomic mass is 32.2. The van der Waals surface area contributed by atoms with Crippen LogP contribution in [0.4, 0.5) is 0 Å². The predicted molar refractivity (Wildman–Crippen MR) is 230 cm³/mol. The molecule has 1 amide bonds. The van der Waals surface area contributed by atoms with Gasteiger partial charge in [-0.2, -0.15) is 8.42 Å². The lowest BCUT2D eigenvalue weighted by Crippen LogP contribution is -2.47. The molecule has 0 saturated carbocycles. The van der Waals surface area contributed by atoms with Crippen molar-refractivity contribution in [3.63, 3.8) is 0 Å². The van der Waals surface area contributed by atoms with E-state index in [1.165, 1.54) is 116 Å². The molecule has 7 heteroatoms. The van der Waals surface area contributed by atoms with E-state index in [9.17, 15) is 22.9 Å². The van der Waals surface area contributed by atoms with Crippen molar-refractivity contribution in [2.24, 2.45) is 0 Å². The Morgan fingerprint density at radius 1 is 0.528 bits per heavy atom. The number of rotatable bonds is 39. The zero-order valence-electron chi connectivity index (χ0n) is 34.4. The third-order valence-corrected chi connectivity index (χ3v) is 10.5. The van der Waals surface area contributed by atoms with Gasteiger partial charge in [-0.15, -0.1) is 0 Å². The van der Waals surface area contributed by atoms with Crippen LogP contribution in [0.5, 0.6) is 0 Å². The summed E-state index contributed by atoms with van der Waals surface area (Å²) in [6.45, 7) is 4.42. The molecule has 0 aliphatic heterocycles. The highest BCUT2D eigenvalue weighted by molar-refractivity contribution is 7.85. The fourth-order valence-electron chi connectivity index (χ4n) is 6.49. The normalized spacial score (nSPS) is 13.8. The van der Waals surface area contributed by atoms with Crippen molar-refractivity contribution in [3.05, 3.63) is 60.8 Å². The summed E-state index contributed by atoms with van der Waals surface area (Å²) >= 11 is 0. The Balaban J connectivity index is 3.91. The maximum Gasteiger partial charge on any atom is 0.266 e. The summed E-state index contributed by atoms with van der Waals surface area (Å²) in [6.07, 6.45) is 54.7. The SMILES string of the molecule is CC/C=C\C/C=C\C/C=C\C/C=C\C/C=C\CCCC(=O)NC(CS(=O)(=O)O)C(O)CCCCCCCCCCCCCCCCCCCCCCC. The van der Waals surface area contributed by atoms with Crippen LogP contribution in [-0.4, -0.2) is 41.9 Å². The Hall–Kier alpha value is -1.96. The first kappa shape index (κ1) is 51.0. The maximum absolute atomic E-state index is 12.5. The van der Waals surface area contributed by atoms with E-state index >= 15 is 0 Å². The van der Waals surface area contributed by atoms with Gasteiger partial charge in [0.25, 0.3) is 10.1 Å². The van der Waals surface area contributed by atoms with Crippen molar-refractivity contribution in [2.75, 3.05) is 5.75 Å². The van der Waals surface area contributed by atoms with Crippen molar-refractivity contribution in [2.45, 2.75) is 219 Å². The topological polar surface area (TPSA) is 104 Å². The van der Waals surface area contributed by atoms with Crippen molar-refractivity contribution >= 4 is 16.0 Å². The van der Waals surface area contributed by atoms with Gasteiger partial charge >= 0.3 is 0 Å². The number of allylic oxidation sites excluding steroid dienone is 10. The average molecular weight is 762 g/mol. The van der Waals surface area contributed by atoms with Crippen LogP contribution in [0.1, 0.15) is 206 Å². The molecule has 0 rings (SSSR count). The number of aliphatic hydroxyl groups excluding tert-OH is 1. The van der Waals surface area contributed by atoms with Gasteiger partial charge in [0.05, 0.1) is 17.9 Å². The molecule has 0 heterocycles. The molecule has 0 aliphatic rings. The Bertz CT molecular complexity index is 1060. The van der Waals surface area contributed by atoms with E-state index in [2.05, 4.69) is 79.9 Å². The zero-order valence-corrected chi connectivity index (χ0v) is 35.2. The molecular weight excluding hydrogens is 679 g/mol. The van der Waals surface area contributed by atoms with Crippen LogP contribution in [0.2, 0.25) is 0 Å². The molecule has 0 saturated heterocycles. The lowest BCUT2D eigenvalue weighted by atomic mass is 10.0. The predicted octanol–water partition coefficient (Wildman–Crippen LogP) is 13.2. The fraction of sp³-hybridized carbons (Fsp3) is 0.761. The highest BCUT2D eigenvalue weighted by Gasteiger charge is 2.26. The second-order valence-corrected chi connectivity index (χ2v) is 16.4. The smallest absolute Gasteiger partial charge is 0.266 e. The lowest BCUT2D eigenvalue weighted by Gasteiger charge is -2.23. The van der Waals surface area contributed by atoms with Crippen molar-refractivity contribution in [1.29, 1.82) is 0 Å². The van der Waals surface area contributed by atoms with Gasteiger partial charge in [0.15, 0.2) is 0 Å². The molecule has 53 heavy (non-hydrogen) atoms. The van der Waals surface area contributed by atoms with Gasteiger partial charge in [-0.05, 0) is 51.4 Å². The van der Waals surface area contributed by atoms with Gasteiger partial charge < -0.3 is 10.4 Å². The number of carbonyl (C=O) groups excluding carboxylic acids is 1.